The summed E-state index contributed by atoms with van der Waals surface area (Å²) in [7, 11) is 0. The summed E-state index contributed by atoms with van der Waals surface area (Å²) in [5.41, 5.74) is 3.98. The maximum atomic E-state index is 4.56. The molecule has 0 saturated carbocycles. The Kier molecular flexibility index (Phi) is 2.88. The van der Waals surface area contributed by atoms with E-state index in [9.17, 15) is 0 Å². The molecule has 0 spiro atoms. The van der Waals surface area contributed by atoms with Crippen LogP contribution >= 0.6 is 0 Å². The van der Waals surface area contributed by atoms with E-state index in [0.717, 1.165) is 25.2 Å². The van der Waals surface area contributed by atoms with Crippen LogP contribution in [0.3, 0.4) is 0 Å². The largest absolute Gasteiger partial charge is 0.366 e. The molecule has 20 heavy (non-hydrogen) atoms. The molecular formula is C17H21N3. The SMILES string of the molecule is Cc1ncc2c3c(cccc13)N(C1CCCNC1)CC2. The summed E-state index contributed by atoms with van der Waals surface area (Å²) in [5.74, 6) is 0. The maximum Gasteiger partial charge on any atom is 0.0453 e. The molecule has 0 aliphatic carbocycles. The lowest BCUT2D eigenvalue weighted by molar-refractivity contribution is 0.431. The zero-order chi connectivity index (χ0) is 13.5. The summed E-state index contributed by atoms with van der Waals surface area (Å²) in [6, 6.07) is 7.34. The summed E-state index contributed by atoms with van der Waals surface area (Å²) in [5, 5.41) is 6.31. The first-order chi connectivity index (χ1) is 9.84. The molecule has 2 aromatic rings. The summed E-state index contributed by atoms with van der Waals surface area (Å²) >= 11 is 0. The smallest absolute Gasteiger partial charge is 0.0453 e. The van der Waals surface area contributed by atoms with Crippen molar-refractivity contribution < 1.29 is 0 Å². The van der Waals surface area contributed by atoms with Crippen molar-refractivity contribution in [1.82, 2.24) is 10.3 Å². The topological polar surface area (TPSA) is 28.2 Å². The summed E-state index contributed by atoms with van der Waals surface area (Å²) in [6.45, 7) is 5.54. The monoisotopic (exact) mass is 267 g/mol. The van der Waals surface area contributed by atoms with Gasteiger partial charge in [-0.3, -0.25) is 4.98 Å². The predicted octanol–water partition coefficient (Wildman–Crippen LogP) is 2.66. The van der Waals surface area contributed by atoms with Gasteiger partial charge in [-0.2, -0.15) is 0 Å². The van der Waals surface area contributed by atoms with Crippen molar-refractivity contribution in [3.63, 3.8) is 0 Å². The highest BCUT2D eigenvalue weighted by Crippen LogP contribution is 2.36. The van der Waals surface area contributed by atoms with E-state index < -0.39 is 0 Å². The van der Waals surface area contributed by atoms with E-state index in [1.54, 1.807) is 0 Å². The van der Waals surface area contributed by atoms with Gasteiger partial charge in [0.1, 0.15) is 0 Å². The number of benzene rings is 1. The van der Waals surface area contributed by atoms with Gasteiger partial charge in [0.2, 0.25) is 0 Å². The second-order valence-electron chi connectivity index (χ2n) is 6.01. The van der Waals surface area contributed by atoms with Crippen LogP contribution in [0, 0.1) is 6.92 Å². The van der Waals surface area contributed by atoms with E-state index in [4.69, 9.17) is 0 Å². The number of aryl methyl sites for hydroxylation is 1. The normalized spacial score (nSPS) is 22.2. The molecule has 3 heteroatoms. The van der Waals surface area contributed by atoms with Crippen LogP contribution in [0.4, 0.5) is 5.69 Å². The molecule has 0 radical (unpaired) electrons. The van der Waals surface area contributed by atoms with Crippen molar-refractivity contribution in [2.75, 3.05) is 24.5 Å². The summed E-state index contributed by atoms with van der Waals surface area (Å²) in [6.07, 6.45) is 5.80. The van der Waals surface area contributed by atoms with E-state index in [0.29, 0.717) is 6.04 Å². The molecule has 104 valence electrons. The van der Waals surface area contributed by atoms with Crippen LogP contribution in [0.5, 0.6) is 0 Å². The number of nitrogens with zero attached hydrogens (tertiary/aromatic N) is 2. The van der Waals surface area contributed by atoms with Gasteiger partial charge in [-0.15, -0.1) is 0 Å². The van der Waals surface area contributed by atoms with E-state index in [1.807, 2.05) is 0 Å². The number of nitrogens with one attached hydrogen (secondary N) is 1. The second kappa shape index (κ2) is 4.74. The lowest BCUT2D eigenvalue weighted by Crippen LogP contribution is -2.48. The Morgan fingerprint density at radius 1 is 1.35 bits per heavy atom. The van der Waals surface area contributed by atoms with Gasteiger partial charge in [-0.05, 0) is 44.4 Å². The van der Waals surface area contributed by atoms with E-state index >= 15 is 0 Å². The van der Waals surface area contributed by atoms with Gasteiger partial charge in [0.15, 0.2) is 0 Å². The summed E-state index contributed by atoms with van der Waals surface area (Å²) in [4.78, 5) is 7.19. The standard InChI is InChI=1S/C17H21N3/c1-12-15-5-2-6-16-17(15)13(10-19-12)7-9-20(16)14-4-3-8-18-11-14/h2,5-6,10,14,18H,3-4,7-9,11H2,1H3. The van der Waals surface area contributed by atoms with Crippen LogP contribution in [0.1, 0.15) is 24.1 Å². The molecular weight excluding hydrogens is 246 g/mol. The van der Waals surface area contributed by atoms with Crippen LogP contribution < -0.4 is 10.2 Å². The van der Waals surface area contributed by atoms with Crippen molar-refractivity contribution in [2.45, 2.75) is 32.2 Å². The molecule has 4 rings (SSSR count). The molecule has 0 amide bonds. The molecule has 3 heterocycles. The first kappa shape index (κ1) is 12.2. The average molecular weight is 267 g/mol. The van der Waals surface area contributed by atoms with Crippen molar-refractivity contribution in [3.05, 3.63) is 35.7 Å². The molecule has 1 aromatic carbocycles. The van der Waals surface area contributed by atoms with Crippen molar-refractivity contribution >= 4 is 16.5 Å². The average Bonchev–Trinajstić information content (AvgIpc) is 2.52. The Bertz CT molecular complexity index is 644. The fraction of sp³-hybridized carbons (Fsp3) is 0.471. The third kappa shape index (κ3) is 1.80. The highest BCUT2D eigenvalue weighted by Gasteiger charge is 2.26. The quantitative estimate of drug-likeness (QED) is 0.861. The van der Waals surface area contributed by atoms with Gasteiger partial charge in [0, 0.05) is 47.5 Å². The minimum Gasteiger partial charge on any atom is -0.366 e. The molecule has 1 fully saturated rings. The molecule has 0 bridgehead atoms. The molecule has 3 nitrogen and oxygen atoms in total. The Morgan fingerprint density at radius 3 is 3.15 bits per heavy atom. The molecule has 1 saturated heterocycles. The Hall–Kier alpha value is -1.61. The minimum atomic E-state index is 0.649. The van der Waals surface area contributed by atoms with Gasteiger partial charge in [0.25, 0.3) is 0 Å². The Balaban J connectivity index is 1.85. The lowest BCUT2D eigenvalue weighted by Gasteiger charge is -2.39. The fourth-order valence-electron chi connectivity index (χ4n) is 3.76. The highest BCUT2D eigenvalue weighted by atomic mass is 15.2. The van der Waals surface area contributed by atoms with Crippen LogP contribution in [0.2, 0.25) is 0 Å². The van der Waals surface area contributed by atoms with Gasteiger partial charge >= 0.3 is 0 Å². The molecule has 1 aromatic heterocycles. The number of pyridine rings is 1. The third-order valence-electron chi connectivity index (χ3n) is 4.81. The molecule has 1 unspecified atom stereocenters. The predicted molar refractivity (Wildman–Crippen MR) is 83.4 cm³/mol. The number of piperidine rings is 1. The second-order valence-corrected chi connectivity index (χ2v) is 6.01. The lowest BCUT2D eigenvalue weighted by atomic mass is 9.94. The van der Waals surface area contributed by atoms with Gasteiger partial charge < -0.3 is 10.2 Å². The zero-order valence-corrected chi connectivity index (χ0v) is 12.0. The van der Waals surface area contributed by atoms with Crippen molar-refractivity contribution in [2.24, 2.45) is 0 Å². The zero-order valence-electron chi connectivity index (χ0n) is 12.0. The van der Waals surface area contributed by atoms with Crippen LogP contribution in [0.15, 0.2) is 24.4 Å². The van der Waals surface area contributed by atoms with Crippen molar-refractivity contribution in [1.29, 1.82) is 0 Å². The van der Waals surface area contributed by atoms with Crippen LogP contribution in [0.25, 0.3) is 10.8 Å². The fourth-order valence-corrected chi connectivity index (χ4v) is 3.76. The molecule has 2 aliphatic rings. The van der Waals surface area contributed by atoms with E-state index in [2.05, 4.69) is 46.5 Å². The van der Waals surface area contributed by atoms with E-state index in [1.165, 1.54) is 41.4 Å². The van der Waals surface area contributed by atoms with Crippen LogP contribution in [-0.4, -0.2) is 30.7 Å². The molecule has 1 N–H and O–H groups in total. The minimum absolute atomic E-state index is 0.649. The summed E-state index contributed by atoms with van der Waals surface area (Å²) < 4.78 is 0. The number of hydrogen-bond donors (Lipinski definition) is 1. The Morgan fingerprint density at radius 2 is 2.30 bits per heavy atom. The first-order valence-electron chi connectivity index (χ1n) is 7.69. The maximum absolute atomic E-state index is 4.56. The number of hydrogen-bond acceptors (Lipinski definition) is 3. The van der Waals surface area contributed by atoms with Crippen molar-refractivity contribution in [3.8, 4) is 0 Å². The first-order valence-corrected chi connectivity index (χ1v) is 7.69. The van der Waals surface area contributed by atoms with E-state index in [-0.39, 0.29) is 0 Å². The van der Waals surface area contributed by atoms with Gasteiger partial charge in [-0.1, -0.05) is 12.1 Å². The third-order valence-corrected chi connectivity index (χ3v) is 4.81. The Labute approximate surface area is 120 Å². The van der Waals surface area contributed by atoms with Crippen LogP contribution in [-0.2, 0) is 6.42 Å². The highest BCUT2D eigenvalue weighted by molar-refractivity contribution is 5.99. The van der Waals surface area contributed by atoms with Gasteiger partial charge in [-0.25, -0.2) is 0 Å². The number of rotatable bonds is 1. The number of aromatic nitrogens is 1. The molecule has 1 atom stereocenters. The number of anilines is 1. The van der Waals surface area contributed by atoms with Gasteiger partial charge in [0.05, 0.1) is 0 Å². The molecule has 2 aliphatic heterocycles.